The zero-order chi connectivity index (χ0) is 14.3. The normalized spacial score (nSPS) is 19.6. The van der Waals surface area contributed by atoms with Crippen molar-refractivity contribution in [2.24, 2.45) is 4.99 Å². The molecule has 1 aliphatic carbocycles. The molecule has 1 saturated carbocycles. The molecule has 0 atom stereocenters. The topological polar surface area (TPSA) is 24.4 Å². The van der Waals surface area contributed by atoms with Gasteiger partial charge in [0.05, 0.1) is 5.54 Å². The summed E-state index contributed by atoms with van der Waals surface area (Å²) < 4.78 is 0. The molecule has 1 N–H and O–H groups in total. The van der Waals surface area contributed by atoms with Gasteiger partial charge in [0.15, 0.2) is 0 Å². The van der Waals surface area contributed by atoms with Crippen molar-refractivity contribution < 1.29 is 0 Å². The maximum Gasteiger partial charge on any atom is 0.0524 e. The summed E-state index contributed by atoms with van der Waals surface area (Å²) in [6.07, 6.45) is 11.1. The highest BCUT2D eigenvalue weighted by Gasteiger charge is 2.15. The van der Waals surface area contributed by atoms with Gasteiger partial charge in [-0.15, -0.1) is 0 Å². The van der Waals surface area contributed by atoms with E-state index in [1.807, 2.05) is 0 Å². The minimum absolute atomic E-state index is 0.0180. The van der Waals surface area contributed by atoms with Crippen molar-refractivity contribution in [3.8, 4) is 0 Å². The Morgan fingerprint density at radius 1 is 1.11 bits per heavy atom. The Kier molecular flexibility index (Phi) is 6.60. The fraction of sp³-hybridized carbons (Fsp3) is 0.824. The molecule has 0 aliphatic heterocycles. The van der Waals surface area contributed by atoms with Crippen LogP contribution in [0.3, 0.4) is 0 Å². The van der Waals surface area contributed by atoms with Crippen LogP contribution in [0.1, 0.15) is 79.6 Å². The van der Waals surface area contributed by atoms with Crippen molar-refractivity contribution in [2.75, 3.05) is 0 Å². The van der Waals surface area contributed by atoms with E-state index < -0.39 is 0 Å². The molecule has 1 aliphatic rings. The zero-order valence-electron chi connectivity index (χ0n) is 13.6. The molecule has 1 fully saturated rings. The molecule has 0 amide bonds. The number of allylic oxidation sites excluding steroid dienone is 2. The predicted octanol–water partition coefficient (Wildman–Crippen LogP) is 4.85. The Hall–Kier alpha value is -0.790. The van der Waals surface area contributed by atoms with Gasteiger partial charge in [-0.05, 0) is 52.0 Å². The van der Waals surface area contributed by atoms with Crippen molar-refractivity contribution in [2.45, 2.75) is 91.1 Å². The standard InChI is InChI=1S/C17H32N2/c1-6-14(13-18-17(3,4)5)16(7-2)19-15-11-9-8-10-12-15/h13,15,19H,6-12H2,1-5H3/b16-14-,18-13?. The van der Waals surface area contributed by atoms with Gasteiger partial charge in [-0.25, -0.2) is 0 Å². The second-order valence-electron chi connectivity index (χ2n) is 6.62. The molecule has 19 heavy (non-hydrogen) atoms. The molecule has 0 bridgehead atoms. The third-order valence-corrected chi connectivity index (χ3v) is 3.71. The van der Waals surface area contributed by atoms with E-state index in [4.69, 9.17) is 0 Å². The van der Waals surface area contributed by atoms with Crippen LogP contribution < -0.4 is 5.32 Å². The zero-order valence-corrected chi connectivity index (χ0v) is 13.6. The van der Waals surface area contributed by atoms with Gasteiger partial charge >= 0.3 is 0 Å². The Morgan fingerprint density at radius 2 is 1.74 bits per heavy atom. The van der Waals surface area contributed by atoms with Crippen molar-refractivity contribution in [1.29, 1.82) is 0 Å². The van der Waals surface area contributed by atoms with Crippen LogP contribution in [0, 0.1) is 0 Å². The second-order valence-corrected chi connectivity index (χ2v) is 6.62. The van der Waals surface area contributed by atoms with Gasteiger partial charge in [-0.3, -0.25) is 4.99 Å². The minimum atomic E-state index is 0.0180. The van der Waals surface area contributed by atoms with Gasteiger partial charge in [0.1, 0.15) is 0 Å². The maximum atomic E-state index is 4.67. The second kappa shape index (κ2) is 7.72. The largest absolute Gasteiger partial charge is 0.385 e. The average molecular weight is 264 g/mol. The summed E-state index contributed by atoms with van der Waals surface area (Å²) in [7, 11) is 0. The summed E-state index contributed by atoms with van der Waals surface area (Å²) in [6.45, 7) is 10.9. The molecule has 0 aromatic carbocycles. The molecular weight excluding hydrogens is 232 g/mol. The van der Waals surface area contributed by atoms with Crippen molar-refractivity contribution in [1.82, 2.24) is 5.32 Å². The molecule has 2 heteroatoms. The fourth-order valence-corrected chi connectivity index (χ4v) is 2.57. The lowest BCUT2D eigenvalue weighted by atomic mass is 9.94. The first-order chi connectivity index (χ1) is 8.96. The molecule has 110 valence electrons. The highest BCUT2D eigenvalue weighted by atomic mass is 14.9. The first-order valence-electron chi connectivity index (χ1n) is 8.00. The van der Waals surface area contributed by atoms with Crippen LogP contribution in [-0.4, -0.2) is 17.8 Å². The number of aliphatic imine (C=N–C) groups is 1. The van der Waals surface area contributed by atoms with Crippen molar-refractivity contribution >= 4 is 6.21 Å². The van der Waals surface area contributed by atoms with Crippen LogP contribution in [0.5, 0.6) is 0 Å². The van der Waals surface area contributed by atoms with Crippen LogP contribution in [0.25, 0.3) is 0 Å². The van der Waals surface area contributed by atoms with E-state index in [0.717, 1.165) is 12.8 Å². The molecule has 0 spiro atoms. The monoisotopic (exact) mass is 264 g/mol. The Morgan fingerprint density at radius 3 is 2.21 bits per heavy atom. The Bertz CT molecular complexity index is 315. The van der Waals surface area contributed by atoms with Gasteiger partial charge < -0.3 is 5.32 Å². The lowest BCUT2D eigenvalue weighted by Crippen LogP contribution is -2.31. The molecular formula is C17H32N2. The number of hydrogen-bond acceptors (Lipinski definition) is 2. The number of hydrogen-bond donors (Lipinski definition) is 1. The SMILES string of the molecule is CC/C(C=NC(C)(C)C)=C(\CC)NC1CCCCC1. The molecule has 1 rings (SSSR count). The van der Waals surface area contributed by atoms with Crippen LogP contribution in [0.2, 0.25) is 0 Å². The van der Waals surface area contributed by atoms with Crippen LogP contribution in [0.15, 0.2) is 16.3 Å². The summed E-state index contributed by atoms with van der Waals surface area (Å²) in [6, 6.07) is 0.688. The first kappa shape index (κ1) is 16.3. The molecule has 0 aromatic heterocycles. The van der Waals surface area contributed by atoms with Crippen LogP contribution in [0.4, 0.5) is 0 Å². The summed E-state index contributed by atoms with van der Waals surface area (Å²) >= 11 is 0. The van der Waals surface area contributed by atoms with Gasteiger partial charge in [0, 0.05) is 18.0 Å². The quantitative estimate of drug-likeness (QED) is 0.705. The first-order valence-corrected chi connectivity index (χ1v) is 8.00. The molecule has 0 radical (unpaired) electrons. The van der Waals surface area contributed by atoms with E-state index >= 15 is 0 Å². The molecule has 0 heterocycles. The number of nitrogens with one attached hydrogen (secondary N) is 1. The highest BCUT2D eigenvalue weighted by Crippen LogP contribution is 2.20. The van der Waals surface area contributed by atoms with E-state index in [0.29, 0.717) is 6.04 Å². The maximum absolute atomic E-state index is 4.67. The predicted molar refractivity (Wildman–Crippen MR) is 85.9 cm³/mol. The third-order valence-electron chi connectivity index (χ3n) is 3.71. The van der Waals surface area contributed by atoms with E-state index in [1.165, 1.54) is 43.4 Å². The van der Waals surface area contributed by atoms with Gasteiger partial charge in [0.25, 0.3) is 0 Å². The minimum Gasteiger partial charge on any atom is -0.385 e. The van der Waals surface area contributed by atoms with E-state index in [9.17, 15) is 0 Å². The molecule has 0 unspecified atom stereocenters. The highest BCUT2D eigenvalue weighted by molar-refractivity contribution is 5.79. The lowest BCUT2D eigenvalue weighted by Gasteiger charge is -2.26. The van der Waals surface area contributed by atoms with Gasteiger partial charge in [-0.2, -0.15) is 0 Å². The molecule has 0 aromatic rings. The fourth-order valence-electron chi connectivity index (χ4n) is 2.57. The van der Waals surface area contributed by atoms with Crippen LogP contribution in [-0.2, 0) is 0 Å². The van der Waals surface area contributed by atoms with E-state index in [-0.39, 0.29) is 5.54 Å². The summed E-state index contributed by atoms with van der Waals surface area (Å²) in [5, 5.41) is 3.78. The smallest absolute Gasteiger partial charge is 0.0524 e. The Labute approximate surface area is 119 Å². The summed E-state index contributed by atoms with van der Waals surface area (Å²) in [4.78, 5) is 4.67. The molecule has 0 saturated heterocycles. The summed E-state index contributed by atoms with van der Waals surface area (Å²) in [5.74, 6) is 0. The van der Waals surface area contributed by atoms with E-state index in [1.54, 1.807) is 0 Å². The average Bonchev–Trinajstić information content (AvgIpc) is 2.38. The van der Waals surface area contributed by atoms with Gasteiger partial charge in [0.2, 0.25) is 0 Å². The molecule has 2 nitrogen and oxygen atoms in total. The third kappa shape index (κ3) is 6.26. The lowest BCUT2D eigenvalue weighted by molar-refractivity contribution is 0.393. The van der Waals surface area contributed by atoms with Crippen molar-refractivity contribution in [3.63, 3.8) is 0 Å². The van der Waals surface area contributed by atoms with Gasteiger partial charge in [-0.1, -0.05) is 33.1 Å². The Balaban J connectivity index is 2.75. The van der Waals surface area contributed by atoms with Crippen LogP contribution >= 0.6 is 0 Å². The number of rotatable bonds is 5. The summed E-state index contributed by atoms with van der Waals surface area (Å²) in [5.41, 5.74) is 2.80. The van der Waals surface area contributed by atoms with E-state index in [2.05, 4.69) is 51.1 Å². The van der Waals surface area contributed by atoms with Crippen molar-refractivity contribution in [3.05, 3.63) is 11.3 Å². The number of nitrogens with zero attached hydrogens (tertiary/aromatic N) is 1.